The fourth-order valence-corrected chi connectivity index (χ4v) is 5.37. The standard InChI is InChI=1S/C30H38N6O10/c1-3-45-30(44)34-16-14-33(15-17-34)28(41)21(11-12-25(37)38)31-26(39)22-18-24(36(32-22)20-8-5-4-6-9-20)46-19(2)27(40)35-13-7-10-23(35)29(42)43/h4-6,8-9,18-19,21,23H,3,7,10-17H2,1-2H3,(H,31,39)(H,37,38)(H,42,43)/t19?,21-,23-/m0/s1. The van der Waals surface area contributed by atoms with E-state index in [-0.39, 0.29) is 63.7 Å². The lowest BCUT2D eigenvalue weighted by atomic mass is 10.1. The van der Waals surface area contributed by atoms with E-state index >= 15 is 0 Å². The molecule has 0 aliphatic carbocycles. The summed E-state index contributed by atoms with van der Waals surface area (Å²) >= 11 is 0. The number of likely N-dealkylation sites (tertiary alicyclic amines) is 1. The summed E-state index contributed by atoms with van der Waals surface area (Å²) in [6.07, 6.45) is -1.30. The van der Waals surface area contributed by atoms with Crippen molar-refractivity contribution in [2.24, 2.45) is 0 Å². The minimum Gasteiger partial charge on any atom is -0.481 e. The third kappa shape index (κ3) is 8.11. The summed E-state index contributed by atoms with van der Waals surface area (Å²) in [5, 5.41) is 25.7. The van der Waals surface area contributed by atoms with Crippen molar-refractivity contribution < 1.29 is 48.5 Å². The number of rotatable bonds is 12. The molecule has 16 nitrogen and oxygen atoms in total. The number of nitrogens with one attached hydrogen (secondary N) is 1. The summed E-state index contributed by atoms with van der Waals surface area (Å²) in [5.41, 5.74) is 0.335. The normalized spacial score (nSPS) is 17.6. The lowest BCUT2D eigenvalue weighted by Crippen LogP contribution is -2.56. The number of hydrogen-bond donors (Lipinski definition) is 3. The molecular formula is C30H38N6O10. The number of piperazine rings is 1. The molecule has 4 rings (SSSR count). The Balaban J connectivity index is 1.52. The first-order chi connectivity index (χ1) is 22.0. The molecule has 3 N–H and O–H groups in total. The topological polar surface area (TPSA) is 201 Å². The highest BCUT2D eigenvalue weighted by Crippen LogP contribution is 2.24. The zero-order chi connectivity index (χ0) is 33.4. The second kappa shape index (κ2) is 15.2. The van der Waals surface area contributed by atoms with Crippen molar-refractivity contribution in [2.45, 2.75) is 57.7 Å². The van der Waals surface area contributed by atoms with Crippen molar-refractivity contribution in [2.75, 3.05) is 39.3 Å². The van der Waals surface area contributed by atoms with Crippen LogP contribution in [0.1, 0.15) is 50.0 Å². The Morgan fingerprint density at radius 2 is 1.65 bits per heavy atom. The Morgan fingerprint density at radius 3 is 2.28 bits per heavy atom. The molecule has 2 aromatic rings. The van der Waals surface area contributed by atoms with Crippen LogP contribution in [0.15, 0.2) is 36.4 Å². The molecule has 46 heavy (non-hydrogen) atoms. The van der Waals surface area contributed by atoms with Gasteiger partial charge in [-0.25, -0.2) is 14.3 Å². The van der Waals surface area contributed by atoms with E-state index in [9.17, 15) is 39.0 Å². The third-order valence-corrected chi connectivity index (χ3v) is 7.74. The zero-order valence-corrected chi connectivity index (χ0v) is 25.7. The predicted molar refractivity (Wildman–Crippen MR) is 159 cm³/mol. The smallest absolute Gasteiger partial charge is 0.409 e. The van der Waals surface area contributed by atoms with Gasteiger partial charge in [0, 0.05) is 45.2 Å². The van der Waals surface area contributed by atoms with Crippen LogP contribution in [0, 0.1) is 0 Å². The average Bonchev–Trinajstić information content (AvgIpc) is 3.71. The number of hydrogen-bond acceptors (Lipinski definition) is 9. The minimum atomic E-state index is -1.20. The molecule has 0 saturated carbocycles. The van der Waals surface area contributed by atoms with Crippen LogP contribution >= 0.6 is 0 Å². The second-order valence-electron chi connectivity index (χ2n) is 10.9. The quantitative estimate of drug-likeness (QED) is 0.298. The van der Waals surface area contributed by atoms with Crippen LogP contribution in [-0.2, 0) is 23.9 Å². The fourth-order valence-electron chi connectivity index (χ4n) is 5.37. The van der Waals surface area contributed by atoms with Gasteiger partial charge in [0.25, 0.3) is 11.8 Å². The Labute approximate surface area is 264 Å². The predicted octanol–water partition coefficient (Wildman–Crippen LogP) is 0.979. The first-order valence-corrected chi connectivity index (χ1v) is 15.1. The first-order valence-electron chi connectivity index (χ1n) is 15.1. The van der Waals surface area contributed by atoms with E-state index in [0.717, 1.165) is 0 Å². The number of ether oxygens (including phenoxy) is 2. The van der Waals surface area contributed by atoms with Crippen molar-refractivity contribution in [1.82, 2.24) is 29.8 Å². The van der Waals surface area contributed by atoms with Gasteiger partial charge in [-0.15, -0.1) is 0 Å². The van der Waals surface area contributed by atoms with Gasteiger partial charge in [-0.2, -0.15) is 5.10 Å². The minimum absolute atomic E-state index is 0.0202. The molecule has 2 saturated heterocycles. The van der Waals surface area contributed by atoms with Crippen LogP contribution in [0.5, 0.6) is 5.88 Å². The van der Waals surface area contributed by atoms with Gasteiger partial charge >= 0.3 is 18.0 Å². The molecule has 0 spiro atoms. The van der Waals surface area contributed by atoms with E-state index in [2.05, 4.69) is 10.4 Å². The van der Waals surface area contributed by atoms with Gasteiger partial charge in [-0.05, 0) is 45.2 Å². The van der Waals surface area contributed by atoms with E-state index in [1.54, 1.807) is 37.3 Å². The van der Waals surface area contributed by atoms with Crippen LogP contribution in [0.3, 0.4) is 0 Å². The van der Waals surface area contributed by atoms with Crippen molar-refractivity contribution >= 4 is 35.8 Å². The summed E-state index contributed by atoms with van der Waals surface area (Å²) in [4.78, 5) is 79.3. The number of aromatic nitrogens is 2. The van der Waals surface area contributed by atoms with E-state index in [0.29, 0.717) is 18.5 Å². The number of carboxylic acid groups (broad SMARTS) is 2. The number of para-hydroxylation sites is 1. The zero-order valence-electron chi connectivity index (χ0n) is 25.7. The monoisotopic (exact) mass is 642 g/mol. The Bertz CT molecular complexity index is 1440. The fraction of sp³-hybridized carbons (Fsp3) is 0.500. The summed E-state index contributed by atoms with van der Waals surface area (Å²) in [6.45, 7) is 4.43. The summed E-state index contributed by atoms with van der Waals surface area (Å²) in [6, 6.07) is 7.78. The van der Waals surface area contributed by atoms with Gasteiger partial charge < -0.3 is 39.7 Å². The molecule has 2 fully saturated rings. The SMILES string of the molecule is CCOC(=O)N1CCN(C(=O)[C@H](CCC(=O)O)NC(=O)c2cc(OC(C)C(=O)N3CCC[C@H]3C(=O)O)n(-c3ccccc3)n2)CC1. The lowest BCUT2D eigenvalue weighted by Gasteiger charge is -2.35. The van der Waals surface area contributed by atoms with E-state index in [1.807, 2.05) is 0 Å². The molecule has 4 amide bonds. The van der Waals surface area contributed by atoms with Gasteiger partial charge in [0.05, 0.1) is 12.3 Å². The Kier molecular flexibility index (Phi) is 11.2. The van der Waals surface area contributed by atoms with Gasteiger partial charge in [0.1, 0.15) is 12.1 Å². The molecule has 1 aromatic carbocycles. The second-order valence-corrected chi connectivity index (χ2v) is 10.9. The largest absolute Gasteiger partial charge is 0.481 e. The number of carbonyl (C=O) groups excluding carboxylic acids is 4. The van der Waals surface area contributed by atoms with Crippen molar-refractivity contribution in [3.05, 3.63) is 42.1 Å². The van der Waals surface area contributed by atoms with Crippen molar-refractivity contribution in [1.29, 1.82) is 0 Å². The average molecular weight is 643 g/mol. The van der Waals surface area contributed by atoms with Gasteiger partial charge in [-0.3, -0.25) is 19.2 Å². The van der Waals surface area contributed by atoms with E-state index in [4.69, 9.17) is 9.47 Å². The first kappa shape index (κ1) is 33.7. The van der Waals surface area contributed by atoms with Crippen molar-refractivity contribution in [3.63, 3.8) is 0 Å². The highest BCUT2D eigenvalue weighted by molar-refractivity contribution is 5.96. The van der Waals surface area contributed by atoms with E-state index < -0.39 is 53.9 Å². The summed E-state index contributed by atoms with van der Waals surface area (Å²) in [5.74, 6) is -4.04. The van der Waals surface area contributed by atoms with Crippen LogP contribution in [0.2, 0.25) is 0 Å². The molecule has 3 heterocycles. The van der Waals surface area contributed by atoms with E-state index in [1.165, 1.54) is 32.4 Å². The molecule has 1 aromatic heterocycles. The molecule has 1 unspecified atom stereocenters. The van der Waals surface area contributed by atoms with Gasteiger partial charge in [0.2, 0.25) is 11.8 Å². The third-order valence-electron chi connectivity index (χ3n) is 7.74. The lowest BCUT2D eigenvalue weighted by molar-refractivity contribution is -0.151. The number of carboxylic acids is 2. The van der Waals surface area contributed by atoms with Crippen molar-refractivity contribution in [3.8, 4) is 11.6 Å². The number of amides is 4. The summed E-state index contributed by atoms with van der Waals surface area (Å²) < 4.78 is 12.3. The van der Waals surface area contributed by atoms with Gasteiger partial charge in [0.15, 0.2) is 11.8 Å². The number of benzene rings is 1. The van der Waals surface area contributed by atoms with Gasteiger partial charge in [-0.1, -0.05) is 18.2 Å². The molecule has 248 valence electrons. The van der Waals surface area contributed by atoms with Crippen LogP contribution < -0.4 is 10.1 Å². The number of carbonyl (C=O) groups is 6. The molecule has 3 atom stereocenters. The number of aliphatic carboxylic acids is 2. The molecular weight excluding hydrogens is 604 g/mol. The molecule has 2 aliphatic heterocycles. The molecule has 0 bridgehead atoms. The highest BCUT2D eigenvalue weighted by atomic mass is 16.6. The van der Waals surface area contributed by atoms with Crippen LogP contribution in [0.25, 0.3) is 5.69 Å². The molecule has 0 radical (unpaired) electrons. The summed E-state index contributed by atoms with van der Waals surface area (Å²) in [7, 11) is 0. The maximum absolute atomic E-state index is 13.5. The maximum Gasteiger partial charge on any atom is 0.409 e. The molecule has 16 heteroatoms. The van der Waals surface area contributed by atoms with Crippen LogP contribution in [0.4, 0.5) is 4.79 Å². The Hall–Kier alpha value is -5.15. The maximum atomic E-state index is 13.5. The van der Waals surface area contributed by atoms with Crippen LogP contribution in [-0.4, -0.2) is 128 Å². The Morgan fingerprint density at radius 1 is 0.978 bits per heavy atom. The molecule has 2 aliphatic rings. The highest BCUT2D eigenvalue weighted by Gasteiger charge is 2.37. The number of nitrogens with zero attached hydrogens (tertiary/aromatic N) is 5.